The molecule has 3 aromatic rings. The topological polar surface area (TPSA) is 25.2 Å². The van der Waals surface area contributed by atoms with E-state index in [1.807, 2.05) is 13.1 Å². The number of likely N-dealkylation sites (N-methyl/N-ethyl adjacent to an activating group) is 1. The lowest BCUT2D eigenvalue weighted by Crippen LogP contribution is -2.20. The van der Waals surface area contributed by atoms with Gasteiger partial charge in [0.25, 0.3) is 0 Å². The van der Waals surface area contributed by atoms with Crippen LogP contribution in [0.15, 0.2) is 53.3 Å². The molecule has 0 unspecified atom stereocenters. The Morgan fingerprint density at radius 2 is 1.86 bits per heavy atom. The fourth-order valence-corrected chi connectivity index (χ4v) is 3.57. The lowest BCUT2D eigenvalue weighted by molar-refractivity contribution is 0.331. The van der Waals surface area contributed by atoms with Gasteiger partial charge in [0.05, 0.1) is 10.2 Å². The van der Waals surface area contributed by atoms with Gasteiger partial charge < -0.3 is 9.47 Å². The van der Waals surface area contributed by atoms with Crippen LogP contribution in [0.5, 0.6) is 0 Å². The van der Waals surface area contributed by atoms with Crippen molar-refractivity contribution in [3.05, 3.63) is 69.3 Å². The summed E-state index contributed by atoms with van der Waals surface area (Å²) in [7, 11) is 3.97. The van der Waals surface area contributed by atoms with Gasteiger partial charge in [-0.15, -0.1) is 0 Å². The summed E-state index contributed by atoms with van der Waals surface area (Å²) in [5.41, 5.74) is 3.65. The fraction of sp³-hybridized carbons (Fsp3) is 0.278. The number of nitrogens with zero attached hydrogens (tertiary/aromatic N) is 2. The maximum atomic E-state index is 11.7. The third kappa shape index (κ3) is 3.29. The number of fused-ring (bicyclic) bond motifs is 1. The minimum Gasteiger partial charge on any atom is -0.302 e. The van der Waals surface area contributed by atoms with Crippen molar-refractivity contribution in [1.29, 1.82) is 0 Å². The van der Waals surface area contributed by atoms with Gasteiger partial charge in [0.2, 0.25) is 0 Å². The van der Waals surface area contributed by atoms with Gasteiger partial charge >= 0.3 is 4.87 Å². The average molecular weight is 312 g/mol. The van der Waals surface area contributed by atoms with Crippen molar-refractivity contribution in [3.8, 4) is 0 Å². The first-order valence-corrected chi connectivity index (χ1v) is 8.26. The number of hydrogen-bond donors (Lipinski definition) is 0. The molecule has 0 atom stereocenters. The van der Waals surface area contributed by atoms with E-state index in [2.05, 4.69) is 54.4 Å². The normalized spacial score (nSPS) is 11.4. The molecular weight excluding hydrogens is 292 g/mol. The molecule has 1 aromatic heterocycles. The Hall–Kier alpha value is -1.91. The highest BCUT2D eigenvalue weighted by Crippen LogP contribution is 2.18. The molecule has 3 rings (SSSR count). The van der Waals surface area contributed by atoms with Crippen LogP contribution < -0.4 is 4.87 Å². The minimum absolute atomic E-state index is 0.105. The van der Waals surface area contributed by atoms with Gasteiger partial charge in [-0.25, -0.2) is 0 Å². The highest BCUT2D eigenvalue weighted by atomic mass is 32.1. The molecule has 2 aromatic carbocycles. The quantitative estimate of drug-likeness (QED) is 0.722. The van der Waals surface area contributed by atoms with Gasteiger partial charge in [-0.2, -0.15) is 0 Å². The van der Waals surface area contributed by atoms with Crippen molar-refractivity contribution < 1.29 is 0 Å². The number of hydrogen-bond acceptors (Lipinski definition) is 3. The van der Waals surface area contributed by atoms with Crippen LogP contribution in [-0.4, -0.2) is 23.1 Å². The molecule has 0 saturated carbocycles. The van der Waals surface area contributed by atoms with Crippen LogP contribution in [0, 0.1) is 0 Å². The summed E-state index contributed by atoms with van der Waals surface area (Å²) in [6.07, 6.45) is 0.995. The fourth-order valence-electron chi connectivity index (χ4n) is 2.63. The molecule has 0 spiro atoms. The van der Waals surface area contributed by atoms with Crippen molar-refractivity contribution in [3.63, 3.8) is 0 Å². The standard InChI is InChI=1S/C18H20N2OS/c1-19(13-15-6-4-3-5-7-15)11-10-14-8-9-16-17(12-14)22-18(21)20(16)2/h3-9,12H,10-11,13H2,1-2H3. The Morgan fingerprint density at radius 1 is 1.09 bits per heavy atom. The molecular formula is C18H20N2OS. The van der Waals surface area contributed by atoms with Crippen LogP contribution in [0.3, 0.4) is 0 Å². The Kier molecular flexibility index (Phi) is 4.41. The maximum absolute atomic E-state index is 11.7. The number of rotatable bonds is 5. The van der Waals surface area contributed by atoms with E-state index in [-0.39, 0.29) is 4.87 Å². The molecule has 0 saturated heterocycles. The van der Waals surface area contributed by atoms with Crippen LogP contribution in [0.2, 0.25) is 0 Å². The molecule has 4 heteroatoms. The van der Waals surface area contributed by atoms with E-state index in [9.17, 15) is 4.79 Å². The van der Waals surface area contributed by atoms with E-state index in [4.69, 9.17) is 0 Å². The average Bonchev–Trinajstić information content (AvgIpc) is 2.81. The first-order valence-electron chi connectivity index (χ1n) is 7.44. The van der Waals surface area contributed by atoms with Crippen molar-refractivity contribution in [2.24, 2.45) is 7.05 Å². The lowest BCUT2D eigenvalue weighted by Gasteiger charge is -2.16. The van der Waals surface area contributed by atoms with Crippen molar-refractivity contribution in [2.75, 3.05) is 13.6 Å². The summed E-state index contributed by atoms with van der Waals surface area (Å²) in [4.78, 5) is 14.1. The third-order valence-electron chi connectivity index (χ3n) is 3.93. The van der Waals surface area contributed by atoms with Crippen molar-refractivity contribution in [2.45, 2.75) is 13.0 Å². The number of aryl methyl sites for hydroxylation is 1. The summed E-state index contributed by atoms with van der Waals surface area (Å²) >= 11 is 1.32. The SMILES string of the molecule is CN(CCc1ccc2c(c1)sc(=O)n2C)Cc1ccccc1. The van der Waals surface area contributed by atoms with Crippen LogP contribution in [0.25, 0.3) is 10.2 Å². The van der Waals surface area contributed by atoms with Crippen molar-refractivity contribution >= 4 is 21.6 Å². The van der Waals surface area contributed by atoms with Crippen LogP contribution in [0.4, 0.5) is 0 Å². The zero-order valence-corrected chi connectivity index (χ0v) is 13.8. The molecule has 1 heterocycles. The van der Waals surface area contributed by atoms with Gasteiger partial charge in [0, 0.05) is 20.1 Å². The first-order chi connectivity index (χ1) is 10.6. The molecule has 114 valence electrons. The molecule has 22 heavy (non-hydrogen) atoms. The predicted molar refractivity (Wildman–Crippen MR) is 93.5 cm³/mol. The largest absolute Gasteiger partial charge is 0.307 e. The van der Waals surface area contributed by atoms with Gasteiger partial charge in [-0.05, 0) is 36.7 Å². The van der Waals surface area contributed by atoms with Crippen LogP contribution in [-0.2, 0) is 20.0 Å². The molecule has 0 fully saturated rings. The van der Waals surface area contributed by atoms with Crippen molar-refractivity contribution in [1.82, 2.24) is 9.47 Å². The zero-order chi connectivity index (χ0) is 15.5. The van der Waals surface area contributed by atoms with E-state index in [1.165, 1.54) is 22.5 Å². The van der Waals surface area contributed by atoms with Gasteiger partial charge in [0.15, 0.2) is 0 Å². The second-order valence-corrected chi connectivity index (χ2v) is 6.70. The third-order valence-corrected chi connectivity index (χ3v) is 4.93. The van der Waals surface area contributed by atoms with Gasteiger partial charge in [0.1, 0.15) is 0 Å². The van der Waals surface area contributed by atoms with Crippen LogP contribution >= 0.6 is 11.3 Å². The molecule has 0 aliphatic rings. The van der Waals surface area contributed by atoms with E-state index in [1.54, 1.807) is 4.57 Å². The Bertz CT molecular complexity index is 820. The molecule has 0 radical (unpaired) electrons. The van der Waals surface area contributed by atoms with Gasteiger partial charge in [-0.3, -0.25) is 4.79 Å². The molecule has 0 bridgehead atoms. The number of aromatic nitrogens is 1. The molecule has 0 amide bonds. The monoisotopic (exact) mass is 312 g/mol. The molecule has 0 aliphatic heterocycles. The van der Waals surface area contributed by atoms with E-state index in [0.29, 0.717) is 0 Å². The number of benzene rings is 2. The Balaban J connectivity index is 1.65. The summed E-state index contributed by atoms with van der Waals surface area (Å²) in [6, 6.07) is 16.9. The van der Waals surface area contributed by atoms with Gasteiger partial charge in [-0.1, -0.05) is 47.7 Å². The molecule has 0 N–H and O–H groups in total. The smallest absolute Gasteiger partial charge is 0.302 e. The molecule has 3 nitrogen and oxygen atoms in total. The molecule has 0 aliphatic carbocycles. The summed E-state index contributed by atoms with van der Waals surface area (Å²) in [5, 5.41) is 0. The second kappa shape index (κ2) is 6.46. The highest BCUT2D eigenvalue weighted by molar-refractivity contribution is 7.16. The summed E-state index contributed by atoms with van der Waals surface area (Å²) < 4.78 is 2.79. The summed E-state index contributed by atoms with van der Waals surface area (Å²) in [6.45, 7) is 1.96. The lowest BCUT2D eigenvalue weighted by atomic mass is 10.1. The summed E-state index contributed by atoms with van der Waals surface area (Å²) in [5.74, 6) is 0. The minimum atomic E-state index is 0.105. The number of thiazole rings is 1. The van der Waals surface area contributed by atoms with E-state index < -0.39 is 0 Å². The second-order valence-electron chi connectivity index (χ2n) is 5.70. The highest BCUT2D eigenvalue weighted by Gasteiger charge is 2.06. The van der Waals surface area contributed by atoms with Crippen LogP contribution in [0.1, 0.15) is 11.1 Å². The Labute approximate surface area is 134 Å². The zero-order valence-electron chi connectivity index (χ0n) is 13.0. The van der Waals surface area contributed by atoms with E-state index in [0.717, 1.165) is 29.7 Å². The Morgan fingerprint density at radius 3 is 2.64 bits per heavy atom. The maximum Gasteiger partial charge on any atom is 0.307 e. The van der Waals surface area contributed by atoms with E-state index >= 15 is 0 Å². The predicted octanol–water partition coefficient (Wildman–Crippen LogP) is 3.27. The first kappa shape index (κ1) is 15.0.